The first-order valence-corrected chi connectivity index (χ1v) is 20.8. The third-order valence-corrected chi connectivity index (χ3v) is 10.5. The van der Waals surface area contributed by atoms with Crippen molar-refractivity contribution in [3.63, 3.8) is 0 Å². The molecule has 0 bridgehead atoms. The van der Waals surface area contributed by atoms with E-state index in [0.29, 0.717) is 39.9 Å². The van der Waals surface area contributed by atoms with Crippen molar-refractivity contribution >= 4 is 73.2 Å². The molecule has 332 valence electrons. The maximum Gasteiger partial charge on any atom is 0.337 e. The van der Waals surface area contributed by atoms with Gasteiger partial charge in [-0.3, -0.25) is 19.3 Å². The molecule has 1 aliphatic rings. The van der Waals surface area contributed by atoms with Crippen molar-refractivity contribution in [1.29, 1.82) is 0 Å². The quantitative estimate of drug-likeness (QED) is 0.0376. The monoisotopic (exact) mass is 1010 g/mol. The third-order valence-electron chi connectivity index (χ3n) is 9.50. The van der Waals surface area contributed by atoms with Crippen molar-refractivity contribution in [3.05, 3.63) is 211 Å². The van der Waals surface area contributed by atoms with Crippen LogP contribution in [0.25, 0.3) is 0 Å². The van der Waals surface area contributed by atoms with Crippen molar-refractivity contribution in [2.45, 2.75) is 18.6 Å². The number of Topliss-reactive ketones (excluding diaryl/α,β-unsaturated/α-hetero) is 2. The Bertz CT molecular complexity index is 2780. The summed E-state index contributed by atoms with van der Waals surface area (Å²) in [6, 6.07) is 38.0. The van der Waals surface area contributed by atoms with Crippen LogP contribution in [0.4, 0.5) is 8.78 Å². The molecule has 0 saturated carbocycles. The number of hydrogen-bond acceptors (Lipinski definition) is 10. The number of ketones is 2. The second-order valence-corrected chi connectivity index (χ2v) is 15.7. The zero-order valence-electron chi connectivity index (χ0n) is 34.7. The van der Waals surface area contributed by atoms with E-state index in [1.54, 1.807) is 84.9 Å². The number of nitrogens with zero attached hydrogens (tertiary/aromatic N) is 3. The Balaban J connectivity index is 0.000000203. The molecule has 7 rings (SSSR count). The molecule has 0 aromatic heterocycles. The van der Waals surface area contributed by atoms with Gasteiger partial charge in [0.1, 0.15) is 11.6 Å². The van der Waals surface area contributed by atoms with Gasteiger partial charge in [-0.25, -0.2) is 28.4 Å². The first-order chi connectivity index (χ1) is 31.1. The fraction of sp³-hybridized carbons (Fsp3) is 0.104. The van der Waals surface area contributed by atoms with Crippen LogP contribution in [0.1, 0.15) is 63.7 Å². The lowest BCUT2D eigenvalue weighted by atomic mass is 9.83. The molecule has 0 spiro atoms. The number of hydrogen-bond donors (Lipinski definition) is 3. The van der Waals surface area contributed by atoms with Crippen LogP contribution in [-0.2, 0) is 32.9 Å². The summed E-state index contributed by atoms with van der Waals surface area (Å²) < 4.78 is 37.2. The lowest BCUT2D eigenvalue weighted by molar-refractivity contribution is -0.130. The fourth-order valence-corrected chi connectivity index (χ4v) is 7.17. The minimum atomic E-state index is -1.46. The fourth-order valence-electron chi connectivity index (χ4n) is 6.37. The lowest BCUT2D eigenvalue weighted by Gasteiger charge is -2.27. The van der Waals surface area contributed by atoms with Gasteiger partial charge in [0, 0.05) is 20.1 Å². The summed E-state index contributed by atoms with van der Waals surface area (Å²) >= 11 is 6.67. The van der Waals surface area contributed by atoms with E-state index in [1.165, 1.54) is 55.5 Å². The Morgan fingerprint density at radius 3 is 1.68 bits per heavy atom. The Morgan fingerprint density at radius 1 is 0.631 bits per heavy atom. The van der Waals surface area contributed by atoms with Crippen LogP contribution < -0.4 is 17.2 Å². The lowest BCUT2D eigenvalue weighted by Crippen LogP contribution is -2.43. The van der Waals surface area contributed by atoms with Gasteiger partial charge in [0.15, 0.2) is 17.5 Å². The van der Waals surface area contributed by atoms with E-state index in [9.17, 15) is 32.8 Å². The molecule has 1 aliphatic heterocycles. The van der Waals surface area contributed by atoms with E-state index >= 15 is 0 Å². The number of aliphatic imine (C=N–C) groups is 2. The third kappa shape index (κ3) is 12.4. The van der Waals surface area contributed by atoms with E-state index in [2.05, 4.69) is 46.6 Å². The van der Waals surface area contributed by atoms with Crippen molar-refractivity contribution in [2.75, 3.05) is 14.2 Å². The predicted octanol–water partition coefficient (Wildman–Crippen LogP) is 7.88. The molecule has 6 aromatic carbocycles. The maximum atomic E-state index is 13.8. The van der Waals surface area contributed by atoms with E-state index in [4.69, 9.17) is 21.9 Å². The van der Waals surface area contributed by atoms with Crippen LogP contribution in [0.3, 0.4) is 0 Å². The highest BCUT2D eigenvalue weighted by Gasteiger charge is 2.50. The van der Waals surface area contributed by atoms with Crippen LogP contribution in [-0.4, -0.2) is 60.5 Å². The van der Waals surface area contributed by atoms with Crippen molar-refractivity contribution < 1.29 is 42.2 Å². The molecule has 1 atom stereocenters. The van der Waals surface area contributed by atoms with Crippen LogP contribution in [0.15, 0.2) is 165 Å². The van der Waals surface area contributed by atoms with Gasteiger partial charge in [-0.1, -0.05) is 92.5 Å². The van der Waals surface area contributed by atoms with Crippen LogP contribution >= 0.6 is 31.9 Å². The number of carbonyl (C=O) groups excluding carboxylic acids is 5. The van der Waals surface area contributed by atoms with E-state index in [-0.39, 0.29) is 35.9 Å². The summed E-state index contributed by atoms with van der Waals surface area (Å²) in [6.07, 6.45) is 0. The zero-order chi connectivity index (χ0) is 47.3. The molecule has 6 aromatic rings. The van der Waals surface area contributed by atoms with Gasteiger partial charge < -0.3 is 26.7 Å². The highest BCUT2D eigenvalue weighted by Crippen LogP contribution is 2.41. The summed E-state index contributed by atoms with van der Waals surface area (Å²) in [5, 5.41) is 0. The van der Waals surface area contributed by atoms with Crippen molar-refractivity contribution in [2.24, 2.45) is 27.2 Å². The van der Waals surface area contributed by atoms with Crippen LogP contribution in [0, 0.1) is 11.6 Å². The highest BCUT2D eigenvalue weighted by atomic mass is 79.9. The number of guanidine groups is 2. The molecule has 0 radical (unpaired) electrons. The molecular formula is C48H40Br2F2N6O7. The molecule has 0 fully saturated rings. The van der Waals surface area contributed by atoms with Crippen LogP contribution in [0.5, 0.6) is 0 Å². The SMILES string of the molecule is COC(=O)c1cccc(CN2C(=O)C(c3ccc(F)cc3)(c3cccc(Br)c3)N=C2N)c1.COC(=O)c1cccc(CN=C(N)N)c1.O=C(C(=O)c1cccc(Br)c1)c1ccc(F)cc1. The van der Waals surface area contributed by atoms with E-state index < -0.39 is 34.7 Å². The predicted molar refractivity (Wildman–Crippen MR) is 248 cm³/mol. The summed E-state index contributed by atoms with van der Waals surface area (Å²) in [7, 11) is 2.64. The molecule has 1 amide bonds. The summed E-state index contributed by atoms with van der Waals surface area (Å²) in [5.41, 5.74) is 19.1. The van der Waals surface area contributed by atoms with Gasteiger partial charge in [-0.05, 0) is 107 Å². The topological polar surface area (TPSA) is 210 Å². The maximum absolute atomic E-state index is 13.8. The molecule has 0 aliphatic carbocycles. The molecular weight excluding hydrogens is 970 g/mol. The standard InChI is InChI=1S/C24H19BrFN3O3.C14H8BrFO2.C10H13N3O2/c1-32-21(30)16-5-2-4-15(12-16)14-29-22(31)24(28-23(29)27,17-8-10-20(26)11-9-17)18-6-3-7-19(25)13-18;15-11-3-1-2-10(8-11)14(18)13(17)9-4-6-12(16)7-5-9;1-15-9(14)8-4-2-3-7(5-8)6-13-10(11)12/h2-13H,14H2,1H3,(H2,27,28);1-8H;2-5H,6H2,1H3,(H4,11,12,13). The normalized spacial score (nSPS) is 13.8. The Hall–Kier alpha value is -7.37. The average molecular weight is 1010 g/mol. The van der Waals surface area contributed by atoms with Gasteiger partial charge in [-0.2, -0.15) is 0 Å². The minimum Gasteiger partial charge on any atom is -0.465 e. The van der Waals surface area contributed by atoms with E-state index in [1.807, 2.05) is 12.1 Å². The number of esters is 2. The number of halogens is 4. The van der Waals surface area contributed by atoms with Gasteiger partial charge in [0.25, 0.3) is 5.91 Å². The first-order valence-electron chi connectivity index (χ1n) is 19.3. The number of amides is 1. The molecule has 6 N–H and O–H groups in total. The second kappa shape index (κ2) is 22.3. The van der Waals surface area contributed by atoms with Gasteiger partial charge in [0.05, 0.1) is 38.4 Å². The summed E-state index contributed by atoms with van der Waals surface area (Å²) in [6.45, 7) is 0.461. The Labute approximate surface area is 389 Å². The van der Waals surface area contributed by atoms with Crippen molar-refractivity contribution in [3.8, 4) is 0 Å². The Kier molecular flexibility index (Phi) is 16.7. The number of methoxy groups -OCH3 is 2. The summed E-state index contributed by atoms with van der Waals surface area (Å²) in [4.78, 5) is 70.5. The summed E-state index contributed by atoms with van der Waals surface area (Å²) in [5.74, 6) is -3.28. The van der Waals surface area contributed by atoms with E-state index in [0.717, 1.165) is 26.6 Å². The molecule has 1 unspecified atom stereocenters. The largest absolute Gasteiger partial charge is 0.465 e. The number of nitrogens with two attached hydrogens (primary N) is 3. The second-order valence-electron chi connectivity index (χ2n) is 13.9. The number of rotatable bonds is 11. The molecule has 0 saturated heterocycles. The minimum absolute atomic E-state index is 0.0264. The first kappa shape index (κ1) is 48.7. The molecule has 65 heavy (non-hydrogen) atoms. The molecule has 13 nitrogen and oxygen atoms in total. The average Bonchev–Trinajstić information content (AvgIpc) is 3.56. The zero-order valence-corrected chi connectivity index (χ0v) is 37.9. The Morgan fingerprint density at radius 2 is 1.12 bits per heavy atom. The van der Waals surface area contributed by atoms with Gasteiger partial charge in [-0.15, -0.1) is 0 Å². The van der Waals surface area contributed by atoms with Crippen molar-refractivity contribution in [1.82, 2.24) is 4.90 Å². The highest BCUT2D eigenvalue weighted by molar-refractivity contribution is 9.10. The molecule has 17 heteroatoms. The number of benzene rings is 6. The van der Waals surface area contributed by atoms with Gasteiger partial charge in [0.2, 0.25) is 11.6 Å². The molecule has 1 heterocycles. The number of carbonyl (C=O) groups is 5. The van der Waals surface area contributed by atoms with Gasteiger partial charge >= 0.3 is 11.9 Å². The number of ether oxygens (including phenoxy) is 2. The smallest absolute Gasteiger partial charge is 0.337 e. The van der Waals surface area contributed by atoms with Crippen LogP contribution in [0.2, 0.25) is 0 Å².